The first-order valence-electron chi connectivity index (χ1n) is 15.4. The number of aromatic nitrogens is 1. The Morgan fingerprint density at radius 3 is 2.65 bits per heavy atom. The topological polar surface area (TPSA) is 168 Å². The van der Waals surface area contributed by atoms with Crippen molar-refractivity contribution in [3.8, 4) is 11.8 Å². The maximum absolute atomic E-state index is 14.3. The van der Waals surface area contributed by atoms with Crippen LogP contribution < -0.4 is 15.8 Å². The van der Waals surface area contributed by atoms with E-state index in [0.717, 1.165) is 15.8 Å². The summed E-state index contributed by atoms with van der Waals surface area (Å²) < 4.78 is 6.37. The number of nitrogen functional groups attached to an aromatic ring is 1. The first-order valence-corrected chi connectivity index (χ1v) is 16.9. The van der Waals surface area contributed by atoms with Gasteiger partial charge in [-0.2, -0.15) is 10.3 Å². The Morgan fingerprint density at radius 2 is 1.92 bits per heavy atom. The third-order valence-electron chi connectivity index (χ3n) is 8.35. The molecule has 0 bridgehead atoms. The number of para-hydroxylation sites is 1. The zero-order valence-electron chi connectivity index (χ0n) is 26.1. The second kappa shape index (κ2) is 14.9. The molecule has 0 spiro atoms. The van der Waals surface area contributed by atoms with Crippen molar-refractivity contribution in [1.82, 2.24) is 30.1 Å². The number of nitrogens with two attached hydrogens (primary N) is 1. The fourth-order valence-corrected chi connectivity index (χ4v) is 7.22. The number of nitriles is 1. The minimum atomic E-state index is -0.900. The van der Waals surface area contributed by atoms with Gasteiger partial charge in [-0.25, -0.2) is 14.8 Å². The second-order valence-corrected chi connectivity index (χ2v) is 13.3. The number of anilines is 1. The van der Waals surface area contributed by atoms with Crippen molar-refractivity contribution in [2.24, 2.45) is 0 Å². The number of aliphatic hydroxyl groups excluding tert-OH is 1. The molecule has 2 saturated heterocycles. The predicted octanol–water partition coefficient (Wildman–Crippen LogP) is 3.63. The number of amides is 4. The lowest BCUT2D eigenvalue weighted by atomic mass is 9.99. The molecular formula is C33H32Cl2N8O5S. The van der Waals surface area contributed by atoms with Gasteiger partial charge >= 0.3 is 6.03 Å². The van der Waals surface area contributed by atoms with Gasteiger partial charge in [-0.15, -0.1) is 0 Å². The number of hydrogen-bond donors (Lipinski definition) is 3. The first-order chi connectivity index (χ1) is 23.7. The summed E-state index contributed by atoms with van der Waals surface area (Å²) in [6, 6.07) is 18.3. The number of fused-ring (bicyclic) bond motifs is 2. The molecule has 2 fully saturated rings. The molecule has 1 aromatic heterocycles. The molecule has 16 heteroatoms. The minimum Gasteiger partial charge on any atom is -0.491 e. The number of rotatable bonds is 11. The number of benzene rings is 3. The molecule has 3 heterocycles. The molecule has 0 aliphatic carbocycles. The van der Waals surface area contributed by atoms with Crippen LogP contribution in [-0.4, -0.2) is 92.8 Å². The summed E-state index contributed by atoms with van der Waals surface area (Å²) in [5.41, 5.74) is 8.97. The number of nitrogens with zero attached hydrogens (tertiary/aromatic N) is 6. The Kier molecular flexibility index (Phi) is 10.4. The minimum absolute atomic E-state index is 0.0764. The van der Waals surface area contributed by atoms with Crippen LogP contribution in [-0.2, 0) is 29.1 Å². The number of aliphatic hydroxyl groups is 1. The van der Waals surface area contributed by atoms with E-state index in [2.05, 4.69) is 10.3 Å². The van der Waals surface area contributed by atoms with Crippen molar-refractivity contribution < 1.29 is 24.2 Å². The van der Waals surface area contributed by atoms with E-state index in [1.54, 1.807) is 40.2 Å². The highest BCUT2D eigenvalue weighted by molar-refractivity contribution is 7.22. The Balaban J connectivity index is 1.30. The van der Waals surface area contributed by atoms with Crippen LogP contribution in [0.5, 0.6) is 5.75 Å². The molecule has 2 aliphatic rings. The average molecular weight is 724 g/mol. The van der Waals surface area contributed by atoms with E-state index in [1.807, 2.05) is 36.4 Å². The molecule has 4 N–H and O–H groups in total. The largest absolute Gasteiger partial charge is 0.491 e. The molecule has 4 amide bonds. The number of halogens is 2. The highest BCUT2D eigenvalue weighted by Crippen LogP contribution is 2.33. The van der Waals surface area contributed by atoms with Crippen LogP contribution in [0.15, 0.2) is 60.7 Å². The Labute approximate surface area is 295 Å². The predicted molar refractivity (Wildman–Crippen MR) is 184 cm³/mol. The van der Waals surface area contributed by atoms with Gasteiger partial charge in [-0.3, -0.25) is 9.59 Å². The summed E-state index contributed by atoms with van der Waals surface area (Å²) in [4.78, 5) is 49.3. The molecular weight excluding hydrogens is 691 g/mol. The highest BCUT2D eigenvalue weighted by Gasteiger charge is 2.52. The molecule has 0 saturated carbocycles. The molecule has 0 radical (unpaired) electrons. The molecule has 4 aromatic rings. The van der Waals surface area contributed by atoms with Crippen molar-refractivity contribution in [1.29, 1.82) is 5.26 Å². The van der Waals surface area contributed by atoms with Gasteiger partial charge in [-0.1, -0.05) is 64.9 Å². The number of thiazole rings is 1. The Hall–Kier alpha value is -4.65. The monoisotopic (exact) mass is 722 g/mol. The lowest BCUT2D eigenvalue weighted by Gasteiger charge is -2.46. The van der Waals surface area contributed by atoms with Gasteiger partial charge in [0.2, 0.25) is 11.8 Å². The van der Waals surface area contributed by atoms with Crippen LogP contribution in [0.1, 0.15) is 16.7 Å². The summed E-state index contributed by atoms with van der Waals surface area (Å²) in [6.45, 7) is -0.162. The number of hydrogen-bond acceptors (Lipinski definition) is 10. The van der Waals surface area contributed by atoms with Crippen LogP contribution in [0.3, 0.4) is 0 Å². The quantitative estimate of drug-likeness (QED) is 0.196. The number of carbonyl (C=O) groups excluding carboxylic acids is 3. The summed E-state index contributed by atoms with van der Waals surface area (Å²) in [5, 5.41) is 25.5. The third-order valence-corrected chi connectivity index (χ3v) is 9.94. The van der Waals surface area contributed by atoms with Crippen molar-refractivity contribution in [2.45, 2.75) is 31.7 Å². The summed E-state index contributed by atoms with van der Waals surface area (Å²) in [7, 11) is 0. The normalized spacial score (nSPS) is 17.7. The maximum Gasteiger partial charge on any atom is 0.333 e. The summed E-state index contributed by atoms with van der Waals surface area (Å²) >= 11 is 13.5. The maximum atomic E-state index is 14.3. The van der Waals surface area contributed by atoms with Gasteiger partial charge in [0.15, 0.2) is 5.13 Å². The van der Waals surface area contributed by atoms with Crippen LogP contribution in [0, 0.1) is 11.3 Å². The van der Waals surface area contributed by atoms with Crippen LogP contribution in [0.4, 0.5) is 9.93 Å². The first kappa shape index (κ1) is 34.2. The average Bonchev–Trinajstić information content (AvgIpc) is 3.64. The molecule has 6 rings (SSSR count). The van der Waals surface area contributed by atoms with Crippen LogP contribution in [0.25, 0.3) is 10.2 Å². The number of carbonyl (C=O) groups is 3. The lowest BCUT2D eigenvalue weighted by molar-refractivity contribution is -0.157. The fraction of sp³-hybridized carbons (Fsp3) is 0.303. The van der Waals surface area contributed by atoms with Gasteiger partial charge in [-0.05, 0) is 47.0 Å². The molecule has 3 aromatic carbocycles. The molecule has 49 heavy (non-hydrogen) atoms. The summed E-state index contributed by atoms with van der Waals surface area (Å²) in [6.07, 6.45) is -0.549. The number of hydrazine groups is 1. The summed E-state index contributed by atoms with van der Waals surface area (Å²) in [5.74, 6) is -0.0472. The van der Waals surface area contributed by atoms with Gasteiger partial charge < -0.3 is 30.7 Å². The standard InChI is InChI=1S/C33H32Cl2N8O5S/c34-24-9-6-21(14-25(24)35)16-38-33(47)41(11-10-36)42-19-29(45)43-26(15-20-4-7-23(8-5-20)48-13-12-44)31(46)40(18-28(42)43)17-22-2-1-3-27-30(22)39-32(37)49-27/h1-9,14,26,28,44H,11-13,15-19H2,(H2,37,39)(H,38,47)/t26-,28+/m0/s1. The number of urea groups is 1. The Bertz CT molecular complexity index is 1920. The van der Waals surface area contributed by atoms with E-state index in [0.29, 0.717) is 32.0 Å². The Morgan fingerprint density at radius 1 is 1.14 bits per heavy atom. The molecule has 2 aliphatic heterocycles. The fourth-order valence-electron chi connectivity index (χ4n) is 6.12. The smallest absolute Gasteiger partial charge is 0.333 e. The lowest BCUT2D eigenvalue weighted by Crippen LogP contribution is -2.66. The van der Waals surface area contributed by atoms with Crippen molar-refractivity contribution >= 4 is 67.7 Å². The van der Waals surface area contributed by atoms with E-state index >= 15 is 0 Å². The van der Waals surface area contributed by atoms with Gasteiger partial charge in [0, 0.05) is 19.5 Å². The van der Waals surface area contributed by atoms with Gasteiger partial charge in [0.05, 0.1) is 46.0 Å². The van der Waals surface area contributed by atoms with E-state index < -0.39 is 18.2 Å². The van der Waals surface area contributed by atoms with Gasteiger partial charge in [0.1, 0.15) is 31.1 Å². The third kappa shape index (κ3) is 7.36. The number of piperazine rings is 1. The van der Waals surface area contributed by atoms with Crippen molar-refractivity contribution in [3.63, 3.8) is 0 Å². The van der Waals surface area contributed by atoms with E-state index in [1.165, 1.54) is 21.2 Å². The SMILES string of the molecule is N#CCN(C(=O)NCc1ccc(Cl)c(Cl)c1)N1CC(=O)N2[C@@H](Cc3ccc(OCCO)cc3)C(=O)N(Cc3cccc4sc(N)nc34)C[C@@H]21. The van der Waals surface area contributed by atoms with E-state index in [-0.39, 0.29) is 64.2 Å². The van der Waals surface area contributed by atoms with Crippen LogP contribution >= 0.6 is 34.5 Å². The van der Waals surface area contributed by atoms with Gasteiger partial charge in [0.25, 0.3) is 0 Å². The van der Waals surface area contributed by atoms with Crippen molar-refractivity contribution in [3.05, 3.63) is 87.4 Å². The van der Waals surface area contributed by atoms with E-state index in [9.17, 15) is 19.6 Å². The molecule has 254 valence electrons. The van der Waals surface area contributed by atoms with E-state index in [4.69, 9.17) is 38.8 Å². The molecule has 2 atom stereocenters. The van der Waals surface area contributed by atoms with Crippen molar-refractivity contribution in [2.75, 3.05) is 38.6 Å². The van der Waals surface area contributed by atoms with Crippen LogP contribution in [0.2, 0.25) is 10.0 Å². The molecule has 13 nitrogen and oxygen atoms in total. The number of nitrogens with one attached hydrogen (secondary N) is 1. The zero-order chi connectivity index (χ0) is 34.7. The highest BCUT2D eigenvalue weighted by atomic mass is 35.5. The molecule has 0 unspecified atom stereocenters. The second-order valence-electron chi connectivity index (χ2n) is 11.5. The zero-order valence-corrected chi connectivity index (χ0v) is 28.4. The number of ether oxygens (including phenoxy) is 1.